The van der Waals surface area contributed by atoms with Crippen LogP contribution in [0.5, 0.6) is 5.75 Å². The van der Waals surface area contributed by atoms with E-state index in [2.05, 4.69) is 0 Å². The van der Waals surface area contributed by atoms with E-state index >= 15 is 0 Å². The molecular weight excluding hydrogens is 184 g/mol. The van der Waals surface area contributed by atoms with Gasteiger partial charge in [0.2, 0.25) is 0 Å². The number of nitro benzene ring substituents is 1. The number of anilines is 1. The van der Waals surface area contributed by atoms with E-state index in [-0.39, 0.29) is 11.4 Å². The summed E-state index contributed by atoms with van der Waals surface area (Å²) in [4.78, 5) is 10.1. The minimum Gasteiger partial charge on any atom is -0.493 e. The van der Waals surface area contributed by atoms with Crippen LogP contribution in [0.4, 0.5) is 11.4 Å². The van der Waals surface area contributed by atoms with Crippen LogP contribution in [-0.4, -0.2) is 11.5 Å². The van der Waals surface area contributed by atoms with Crippen LogP contribution in [0.3, 0.4) is 0 Å². The molecule has 0 radical (unpaired) electrons. The van der Waals surface area contributed by atoms with Crippen molar-refractivity contribution in [2.75, 3.05) is 12.3 Å². The lowest BCUT2D eigenvalue weighted by molar-refractivity contribution is -0.384. The predicted octanol–water partition coefficient (Wildman–Crippen LogP) is 1.50. The second kappa shape index (κ2) is 3.17. The Kier molecular flexibility index (Phi) is 1.99. The minimum atomic E-state index is -0.468. The molecule has 0 aromatic heterocycles. The Balaban J connectivity index is 2.50. The van der Waals surface area contributed by atoms with Crippen LogP contribution in [0.25, 0.3) is 0 Å². The van der Waals surface area contributed by atoms with Gasteiger partial charge < -0.3 is 10.5 Å². The lowest BCUT2D eigenvalue weighted by atomic mass is 10.0. The van der Waals surface area contributed by atoms with Gasteiger partial charge >= 0.3 is 0 Å². The van der Waals surface area contributed by atoms with E-state index in [1.165, 1.54) is 12.1 Å². The largest absolute Gasteiger partial charge is 0.493 e. The third-order valence-corrected chi connectivity index (χ3v) is 2.25. The molecule has 1 aromatic carbocycles. The number of nitrogen functional groups attached to an aromatic ring is 1. The molecule has 0 atom stereocenters. The number of nitrogens with zero attached hydrogens (tertiary/aromatic N) is 1. The molecule has 5 nitrogen and oxygen atoms in total. The summed E-state index contributed by atoms with van der Waals surface area (Å²) in [5, 5.41) is 10.6. The fourth-order valence-electron chi connectivity index (χ4n) is 1.56. The molecule has 1 aromatic rings. The number of hydrogen-bond acceptors (Lipinski definition) is 4. The third kappa shape index (κ3) is 1.37. The summed E-state index contributed by atoms with van der Waals surface area (Å²) in [6, 6.07) is 3.04. The number of ether oxygens (including phenoxy) is 1. The molecular formula is C9H10N2O3. The summed E-state index contributed by atoms with van der Waals surface area (Å²) >= 11 is 0. The Bertz CT molecular complexity index is 390. The molecule has 0 amide bonds. The second-order valence-electron chi connectivity index (χ2n) is 3.23. The Morgan fingerprint density at radius 2 is 2.29 bits per heavy atom. The molecule has 0 saturated carbocycles. The Morgan fingerprint density at radius 3 is 3.00 bits per heavy atom. The predicted molar refractivity (Wildman–Crippen MR) is 51.3 cm³/mol. The van der Waals surface area contributed by atoms with E-state index in [1.807, 2.05) is 0 Å². The third-order valence-electron chi connectivity index (χ3n) is 2.25. The fraction of sp³-hybridized carbons (Fsp3) is 0.333. The molecule has 14 heavy (non-hydrogen) atoms. The molecule has 5 heteroatoms. The molecule has 74 valence electrons. The van der Waals surface area contributed by atoms with E-state index in [4.69, 9.17) is 10.5 Å². The first-order valence-electron chi connectivity index (χ1n) is 4.38. The summed E-state index contributed by atoms with van der Waals surface area (Å²) in [5.41, 5.74) is 6.53. The molecule has 0 bridgehead atoms. The summed E-state index contributed by atoms with van der Waals surface area (Å²) in [6.45, 7) is 0.657. The van der Waals surface area contributed by atoms with E-state index < -0.39 is 4.92 Å². The molecule has 0 spiro atoms. The first kappa shape index (κ1) is 8.80. The van der Waals surface area contributed by atoms with Gasteiger partial charge in [-0.05, 0) is 12.8 Å². The molecule has 1 heterocycles. The topological polar surface area (TPSA) is 78.4 Å². The normalized spacial score (nSPS) is 14.3. The summed E-state index contributed by atoms with van der Waals surface area (Å²) < 4.78 is 5.34. The van der Waals surface area contributed by atoms with Crippen molar-refractivity contribution in [2.24, 2.45) is 0 Å². The van der Waals surface area contributed by atoms with Crippen molar-refractivity contribution in [1.82, 2.24) is 0 Å². The van der Waals surface area contributed by atoms with Gasteiger partial charge in [0.15, 0.2) is 0 Å². The highest BCUT2D eigenvalue weighted by atomic mass is 16.6. The van der Waals surface area contributed by atoms with Crippen LogP contribution in [0.15, 0.2) is 12.1 Å². The smallest absolute Gasteiger partial charge is 0.292 e. The highest BCUT2D eigenvalue weighted by molar-refractivity contribution is 5.63. The fourth-order valence-corrected chi connectivity index (χ4v) is 1.56. The minimum absolute atomic E-state index is 0.0331. The van der Waals surface area contributed by atoms with Crippen LogP contribution in [0.2, 0.25) is 0 Å². The van der Waals surface area contributed by atoms with E-state index in [0.29, 0.717) is 12.4 Å². The van der Waals surface area contributed by atoms with Crippen molar-refractivity contribution >= 4 is 11.4 Å². The molecule has 0 aliphatic carbocycles. The summed E-state index contributed by atoms with van der Waals surface area (Å²) in [6.07, 6.45) is 1.71. The average Bonchev–Trinajstić information content (AvgIpc) is 2.16. The Hall–Kier alpha value is -1.78. The molecule has 1 aliphatic rings. The zero-order chi connectivity index (χ0) is 10.1. The van der Waals surface area contributed by atoms with Gasteiger partial charge in [-0.1, -0.05) is 0 Å². The van der Waals surface area contributed by atoms with Gasteiger partial charge in [0.05, 0.1) is 11.5 Å². The molecule has 0 unspecified atom stereocenters. The van der Waals surface area contributed by atoms with Gasteiger partial charge in [-0.15, -0.1) is 0 Å². The van der Waals surface area contributed by atoms with Gasteiger partial charge in [-0.25, -0.2) is 0 Å². The lowest BCUT2D eigenvalue weighted by Gasteiger charge is -2.17. The molecule has 2 rings (SSSR count). The maximum atomic E-state index is 10.6. The molecule has 2 N–H and O–H groups in total. The van der Waals surface area contributed by atoms with Crippen molar-refractivity contribution in [3.05, 3.63) is 27.8 Å². The van der Waals surface area contributed by atoms with Crippen molar-refractivity contribution in [1.29, 1.82) is 0 Å². The number of rotatable bonds is 1. The number of hydrogen-bond donors (Lipinski definition) is 1. The van der Waals surface area contributed by atoms with Gasteiger partial charge in [0, 0.05) is 17.7 Å². The van der Waals surface area contributed by atoms with Crippen molar-refractivity contribution < 1.29 is 9.66 Å². The van der Waals surface area contributed by atoms with E-state index in [1.54, 1.807) is 0 Å². The number of nitrogens with two attached hydrogens (primary N) is 1. The van der Waals surface area contributed by atoms with Gasteiger partial charge in [-0.2, -0.15) is 0 Å². The number of nitro groups is 1. The van der Waals surface area contributed by atoms with Gasteiger partial charge in [0.25, 0.3) is 5.69 Å². The van der Waals surface area contributed by atoms with Crippen molar-refractivity contribution in [3.8, 4) is 5.75 Å². The number of benzene rings is 1. The summed E-state index contributed by atoms with van der Waals surface area (Å²) in [5.74, 6) is 0.680. The van der Waals surface area contributed by atoms with Crippen molar-refractivity contribution in [3.63, 3.8) is 0 Å². The van der Waals surface area contributed by atoms with Crippen LogP contribution in [0.1, 0.15) is 12.0 Å². The zero-order valence-corrected chi connectivity index (χ0v) is 7.53. The maximum absolute atomic E-state index is 10.6. The van der Waals surface area contributed by atoms with E-state index in [0.717, 1.165) is 18.4 Å². The molecule has 0 saturated heterocycles. The standard InChI is InChI=1S/C9H10N2O3/c10-7-5-9-6(2-1-3-14-9)4-8(7)11(12)13/h4-5H,1-3,10H2. The van der Waals surface area contributed by atoms with E-state index in [9.17, 15) is 10.1 Å². The van der Waals surface area contributed by atoms with Crippen LogP contribution >= 0.6 is 0 Å². The molecule has 0 fully saturated rings. The lowest BCUT2D eigenvalue weighted by Crippen LogP contribution is -2.09. The summed E-state index contributed by atoms with van der Waals surface area (Å²) in [7, 11) is 0. The monoisotopic (exact) mass is 194 g/mol. The van der Waals surface area contributed by atoms with Crippen LogP contribution in [0, 0.1) is 10.1 Å². The number of fused-ring (bicyclic) bond motifs is 1. The van der Waals surface area contributed by atoms with Gasteiger partial charge in [-0.3, -0.25) is 10.1 Å². The highest BCUT2D eigenvalue weighted by Crippen LogP contribution is 2.33. The molecule has 1 aliphatic heterocycles. The van der Waals surface area contributed by atoms with Gasteiger partial charge in [0.1, 0.15) is 11.4 Å². The second-order valence-corrected chi connectivity index (χ2v) is 3.23. The van der Waals surface area contributed by atoms with Crippen molar-refractivity contribution in [2.45, 2.75) is 12.8 Å². The quantitative estimate of drug-likeness (QED) is 0.417. The highest BCUT2D eigenvalue weighted by Gasteiger charge is 2.18. The average molecular weight is 194 g/mol. The van der Waals surface area contributed by atoms with Crippen LogP contribution in [-0.2, 0) is 6.42 Å². The SMILES string of the molecule is Nc1cc2c(cc1[N+](=O)[O-])CCCO2. The Morgan fingerprint density at radius 1 is 1.50 bits per heavy atom. The first-order valence-corrected chi connectivity index (χ1v) is 4.38. The van der Waals surface area contributed by atoms with Crippen LogP contribution < -0.4 is 10.5 Å². The maximum Gasteiger partial charge on any atom is 0.292 e. The first-order chi connectivity index (χ1) is 6.68. The number of aryl methyl sites for hydroxylation is 1. The Labute approximate surface area is 80.6 Å². The zero-order valence-electron chi connectivity index (χ0n) is 7.53.